The van der Waals surface area contributed by atoms with Crippen molar-refractivity contribution < 1.29 is 23.8 Å². The van der Waals surface area contributed by atoms with E-state index in [1.165, 1.54) is 0 Å². The Morgan fingerprint density at radius 3 is 2.05 bits per heavy atom. The van der Waals surface area contributed by atoms with Crippen LogP contribution in [0.5, 0.6) is 11.5 Å². The van der Waals surface area contributed by atoms with Crippen molar-refractivity contribution in [3.05, 3.63) is 53.6 Å². The number of amides is 2. The number of benzene rings is 2. The van der Waals surface area contributed by atoms with Gasteiger partial charge in [-0.15, -0.1) is 0 Å². The Labute approximate surface area is 235 Å². The van der Waals surface area contributed by atoms with Gasteiger partial charge in [0.05, 0.1) is 20.1 Å². The molecule has 0 spiro atoms. The molecule has 2 unspecified atom stereocenters. The summed E-state index contributed by atoms with van der Waals surface area (Å²) in [5.41, 5.74) is 1.56. The van der Waals surface area contributed by atoms with E-state index >= 15 is 0 Å². The van der Waals surface area contributed by atoms with Crippen molar-refractivity contribution in [3.8, 4) is 11.5 Å². The van der Waals surface area contributed by atoms with Gasteiger partial charge >= 0.3 is 6.09 Å². The number of carbonyl (C=O) groups is 2. The number of nitrogens with one attached hydrogen (secondary N) is 2. The van der Waals surface area contributed by atoms with Crippen LogP contribution in [-0.4, -0.2) is 31.8 Å². The van der Waals surface area contributed by atoms with Gasteiger partial charge in [0.1, 0.15) is 17.1 Å². The first-order valence-corrected chi connectivity index (χ1v) is 13.9. The van der Waals surface area contributed by atoms with Crippen LogP contribution in [-0.2, 0) is 16.1 Å². The van der Waals surface area contributed by atoms with Gasteiger partial charge in [-0.3, -0.25) is 4.79 Å². The molecular weight excluding hydrogens is 492 g/mol. The third-order valence-electron chi connectivity index (χ3n) is 6.60. The first-order chi connectivity index (χ1) is 18.3. The second-order valence-electron chi connectivity index (χ2n) is 12.1. The first kappa shape index (κ1) is 32.0. The first-order valence-electron chi connectivity index (χ1n) is 13.9. The molecule has 39 heavy (non-hydrogen) atoms. The van der Waals surface area contributed by atoms with Gasteiger partial charge in [-0.1, -0.05) is 65.2 Å². The van der Waals surface area contributed by atoms with Crippen LogP contribution in [0.3, 0.4) is 0 Å². The maximum absolute atomic E-state index is 14.1. The number of hydrogen-bond donors (Lipinski definition) is 2. The van der Waals surface area contributed by atoms with Crippen molar-refractivity contribution in [3.63, 3.8) is 0 Å². The van der Waals surface area contributed by atoms with E-state index in [1.807, 2.05) is 63.2 Å². The summed E-state index contributed by atoms with van der Waals surface area (Å²) < 4.78 is 16.9. The second kappa shape index (κ2) is 14.2. The van der Waals surface area contributed by atoms with Crippen molar-refractivity contribution in [2.45, 2.75) is 92.2 Å². The van der Waals surface area contributed by atoms with Crippen LogP contribution >= 0.6 is 0 Å². The molecule has 2 aromatic carbocycles. The zero-order chi connectivity index (χ0) is 29.2. The van der Waals surface area contributed by atoms with Gasteiger partial charge in [0.25, 0.3) is 0 Å². The fourth-order valence-corrected chi connectivity index (χ4v) is 4.98. The van der Waals surface area contributed by atoms with Gasteiger partial charge in [-0.2, -0.15) is 0 Å². The standard InChI is InChI=1S/C32H48N2O5/c1-10-11-12-17-24(27-25(37-8)18-14-19-26(27)38-9)28(31(2,3)4)29(35)34-23-16-13-15-22(20-23)21-33-30(36)39-32(5,6)7/h13-16,18-20,24,28H,10-12,17,21H2,1-9H3,(H,33,36)(H,34,35). The van der Waals surface area contributed by atoms with Crippen molar-refractivity contribution in [1.29, 1.82) is 0 Å². The molecule has 7 nitrogen and oxygen atoms in total. The van der Waals surface area contributed by atoms with Gasteiger partial charge in [-0.25, -0.2) is 4.79 Å². The number of hydrogen-bond acceptors (Lipinski definition) is 5. The van der Waals surface area contributed by atoms with E-state index in [1.54, 1.807) is 14.2 Å². The highest BCUT2D eigenvalue weighted by Gasteiger charge is 2.41. The van der Waals surface area contributed by atoms with Crippen LogP contribution in [0.2, 0.25) is 0 Å². The van der Waals surface area contributed by atoms with Crippen LogP contribution in [0.4, 0.5) is 10.5 Å². The largest absolute Gasteiger partial charge is 0.496 e. The minimum Gasteiger partial charge on any atom is -0.496 e. The van der Waals surface area contributed by atoms with Crippen LogP contribution in [0.15, 0.2) is 42.5 Å². The highest BCUT2D eigenvalue weighted by atomic mass is 16.6. The van der Waals surface area contributed by atoms with Gasteiger partial charge in [0.2, 0.25) is 5.91 Å². The Balaban J connectivity index is 2.37. The third kappa shape index (κ3) is 9.79. The third-order valence-corrected chi connectivity index (χ3v) is 6.60. The summed E-state index contributed by atoms with van der Waals surface area (Å²) in [6.45, 7) is 14.3. The molecule has 2 atom stereocenters. The molecule has 0 aromatic heterocycles. The highest BCUT2D eigenvalue weighted by molar-refractivity contribution is 5.94. The maximum atomic E-state index is 14.1. The Morgan fingerprint density at radius 1 is 0.897 bits per heavy atom. The fourth-order valence-electron chi connectivity index (χ4n) is 4.98. The molecule has 0 radical (unpaired) electrons. The summed E-state index contributed by atoms with van der Waals surface area (Å²) in [7, 11) is 3.31. The van der Waals surface area contributed by atoms with Crippen LogP contribution in [0.1, 0.15) is 91.2 Å². The molecule has 216 valence electrons. The average molecular weight is 541 g/mol. The lowest BCUT2D eigenvalue weighted by atomic mass is 9.68. The van der Waals surface area contributed by atoms with E-state index in [4.69, 9.17) is 14.2 Å². The SMILES string of the molecule is CCCCCC(c1c(OC)cccc1OC)C(C(=O)Nc1cccc(CNC(=O)OC(C)(C)C)c1)C(C)(C)C. The minimum atomic E-state index is -0.570. The monoisotopic (exact) mass is 540 g/mol. The molecule has 0 saturated carbocycles. The molecule has 2 rings (SSSR count). The molecule has 2 amide bonds. The second-order valence-corrected chi connectivity index (χ2v) is 12.1. The van der Waals surface area contributed by atoms with Crippen LogP contribution < -0.4 is 20.1 Å². The molecule has 0 aliphatic carbocycles. The van der Waals surface area contributed by atoms with Crippen molar-refractivity contribution in [1.82, 2.24) is 5.32 Å². The summed E-state index contributed by atoms with van der Waals surface area (Å²) >= 11 is 0. The van der Waals surface area contributed by atoms with Crippen LogP contribution in [0.25, 0.3) is 0 Å². The van der Waals surface area contributed by atoms with E-state index in [2.05, 4.69) is 38.3 Å². The average Bonchev–Trinajstić information content (AvgIpc) is 2.84. The molecule has 0 saturated heterocycles. The van der Waals surface area contributed by atoms with E-state index < -0.39 is 11.7 Å². The summed E-state index contributed by atoms with van der Waals surface area (Å²) in [6, 6.07) is 13.3. The molecule has 0 heterocycles. The number of rotatable bonds is 12. The lowest BCUT2D eigenvalue weighted by molar-refractivity contribution is -0.124. The van der Waals surface area contributed by atoms with E-state index in [0.29, 0.717) is 12.2 Å². The van der Waals surface area contributed by atoms with Gasteiger partial charge in [0.15, 0.2) is 0 Å². The zero-order valence-electron chi connectivity index (χ0n) is 25.3. The summed E-state index contributed by atoms with van der Waals surface area (Å²) in [4.78, 5) is 26.2. The normalized spacial score (nSPS) is 13.3. The fraction of sp³-hybridized carbons (Fsp3) is 0.562. The van der Waals surface area contributed by atoms with Gasteiger partial charge in [-0.05, 0) is 62.4 Å². The summed E-state index contributed by atoms with van der Waals surface area (Å²) in [5.74, 6) is 0.929. The zero-order valence-corrected chi connectivity index (χ0v) is 25.3. The predicted molar refractivity (Wildman–Crippen MR) is 158 cm³/mol. The Bertz CT molecular complexity index is 1060. The molecule has 2 aromatic rings. The lowest BCUT2D eigenvalue weighted by Crippen LogP contribution is -2.38. The highest BCUT2D eigenvalue weighted by Crippen LogP contribution is 2.47. The number of alkyl carbamates (subject to hydrolysis) is 1. The van der Waals surface area contributed by atoms with Gasteiger partial charge < -0.3 is 24.8 Å². The van der Waals surface area contributed by atoms with E-state index in [0.717, 1.165) is 48.3 Å². The van der Waals surface area contributed by atoms with Crippen molar-refractivity contribution in [2.24, 2.45) is 11.3 Å². The maximum Gasteiger partial charge on any atom is 0.407 e. The number of carbonyl (C=O) groups excluding carboxylic acids is 2. The molecule has 7 heteroatoms. The molecule has 0 bridgehead atoms. The minimum absolute atomic E-state index is 0.0609. The number of anilines is 1. The molecular formula is C32H48N2O5. The van der Waals surface area contributed by atoms with E-state index in [9.17, 15) is 9.59 Å². The van der Waals surface area contributed by atoms with E-state index in [-0.39, 0.29) is 23.2 Å². The Kier molecular flexibility index (Phi) is 11.7. The smallest absolute Gasteiger partial charge is 0.407 e. The number of ether oxygens (including phenoxy) is 3. The predicted octanol–water partition coefficient (Wildman–Crippen LogP) is 7.69. The summed E-state index contributed by atoms with van der Waals surface area (Å²) in [6.07, 6.45) is 3.52. The van der Waals surface area contributed by atoms with Crippen molar-refractivity contribution in [2.75, 3.05) is 19.5 Å². The topological polar surface area (TPSA) is 85.9 Å². The molecule has 2 N–H and O–H groups in total. The molecule has 0 aliphatic rings. The van der Waals surface area contributed by atoms with Gasteiger partial charge in [0, 0.05) is 23.7 Å². The van der Waals surface area contributed by atoms with Crippen LogP contribution in [0, 0.1) is 11.3 Å². The quantitative estimate of drug-likeness (QED) is 0.270. The number of unbranched alkanes of at least 4 members (excludes halogenated alkanes) is 2. The molecule has 0 fully saturated rings. The lowest BCUT2D eigenvalue weighted by Gasteiger charge is -2.37. The Hall–Kier alpha value is -3.22. The number of methoxy groups -OCH3 is 2. The van der Waals surface area contributed by atoms with Crippen molar-refractivity contribution >= 4 is 17.7 Å². The summed E-state index contributed by atoms with van der Waals surface area (Å²) in [5, 5.41) is 5.94. The molecule has 0 aliphatic heterocycles. The Morgan fingerprint density at radius 2 is 1.51 bits per heavy atom.